The Morgan fingerprint density at radius 2 is 1.93 bits per heavy atom. The molecule has 0 amide bonds. The third-order valence-corrected chi connectivity index (χ3v) is 2.66. The summed E-state index contributed by atoms with van der Waals surface area (Å²) in [5.74, 6) is 0.847. The topological polar surface area (TPSA) is 54.7 Å². The van der Waals surface area contributed by atoms with Gasteiger partial charge in [0.2, 0.25) is 0 Å². The molecule has 15 heavy (non-hydrogen) atoms. The zero-order chi connectivity index (χ0) is 10.8. The lowest BCUT2D eigenvalue weighted by molar-refractivity contribution is 0.854. The van der Waals surface area contributed by atoms with Crippen LogP contribution in [0.25, 0.3) is 0 Å². The second kappa shape index (κ2) is 3.77. The molecule has 3 heteroatoms. The van der Waals surface area contributed by atoms with E-state index >= 15 is 0 Å². The average Bonchev–Trinajstić information content (AvgIpc) is 2.65. The first-order valence-corrected chi connectivity index (χ1v) is 5.04. The number of aromatic amines is 1. The van der Waals surface area contributed by atoms with Crippen molar-refractivity contribution in [3.8, 4) is 0 Å². The maximum atomic E-state index is 5.58. The van der Waals surface area contributed by atoms with E-state index in [-0.39, 0.29) is 0 Å². The summed E-state index contributed by atoms with van der Waals surface area (Å²) >= 11 is 0. The molecule has 1 aromatic carbocycles. The van der Waals surface area contributed by atoms with Crippen molar-refractivity contribution in [2.24, 2.45) is 0 Å². The fourth-order valence-corrected chi connectivity index (χ4v) is 1.61. The van der Waals surface area contributed by atoms with E-state index in [0.717, 1.165) is 5.69 Å². The van der Waals surface area contributed by atoms with Gasteiger partial charge in [-0.3, -0.25) is 5.10 Å². The summed E-state index contributed by atoms with van der Waals surface area (Å²) in [4.78, 5) is 0. The van der Waals surface area contributed by atoms with Gasteiger partial charge < -0.3 is 5.73 Å². The molecule has 1 aromatic heterocycles. The van der Waals surface area contributed by atoms with E-state index < -0.39 is 0 Å². The number of nitrogens with two attached hydrogens (primary N) is 1. The second-order valence-corrected chi connectivity index (χ2v) is 3.88. The van der Waals surface area contributed by atoms with Crippen LogP contribution < -0.4 is 5.73 Å². The summed E-state index contributed by atoms with van der Waals surface area (Å²) in [5.41, 5.74) is 9.17. The first kappa shape index (κ1) is 9.77. The van der Waals surface area contributed by atoms with Gasteiger partial charge in [-0.15, -0.1) is 0 Å². The molecular formula is C12H15N3. The van der Waals surface area contributed by atoms with Gasteiger partial charge in [-0.2, -0.15) is 5.10 Å². The summed E-state index contributed by atoms with van der Waals surface area (Å²) < 4.78 is 0. The molecule has 1 unspecified atom stereocenters. The Kier molecular flexibility index (Phi) is 2.46. The highest BCUT2D eigenvalue weighted by atomic mass is 15.2. The number of hydrogen-bond acceptors (Lipinski definition) is 2. The van der Waals surface area contributed by atoms with Gasteiger partial charge in [-0.05, 0) is 12.5 Å². The lowest BCUT2D eigenvalue weighted by Crippen LogP contribution is -1.96. The summed E-state index contributed by atoms with van der Waals surface area (Å²) in [6, 6.07) is 10.4. The fraction of sp³-hybridized carbons (Fsp3) is 0.250. The Labute approximate surface area is 89.3 Å². The van der Waals surface area contributed by atoms with Gasteiger partial charge in [0.05, 0.1) is 0 Å². The molecule has 0 aliphatic heterocycles. The van der Waals surface area contributed by atoms with Crippen molar-refractivity contribution >= 4 is 5.82 Å². The molecular weight excluding hydrogens is 186 g/mol. The van der Waals surface area contributed by atoms with Crippen LogP contribution in [0, 0.1) is 6.92 Å². The molecule has 2 aromatic rings. The summed E-state index contributed by atoms with van der Waals surface area (Å²) in [6.45, 7) is 4.22. The van der Waals surface area contributed by atoms with Gasteiger partial charge >= 0.3 is 0 Å². The summed E-state index contributed by atoms with van der Waals surface area (Å²) in [6.07, 6.45) is 0. The number of nitrogens with one attached hydrogen (secondary N) is 1. The molecule has 1 atom stereocenters. The molecule has 0 saturated heterocycles. The molecule has 0 aliphatic rings. The number of H-pyrrole nitrogens is 1. The van der Waals surface area contributed by atoms with Crippen molar-refractivity contribution in [3.63, 3.8) is 0 Å². The van der Waals surface area contributed by atoms with E-state index in [9.17, 15) is 0 Å². The van der Waals surface area contributed by atoms with Crippen LogP contribution in [0.5, 0.6) is 0 Å². The highest BCUT2D eigenvalue weighted by molar-refractivity contribution is 5.35. The molecule has 3 N–H and O–H groups in total. The molecule has 0 radical (unpaired) electrons. The van der Waals surface area contributed by atoms with E-state index in [4.69, 9.17) is 5.73 Å². The first-order chi connectivity index (χ1) is 7.16. The monoisotopic (exact) mass is 201 g/mol. The Hall–Kier alpha value is -1.77. The van der Waals surface area contributed by atoms with Crippen LogP contribution in [0.2, 0.25) is 0 Å². The van der Waals surface area contributed by atoms with Gasteiger partial charge in [-0.1, -0.05) is 36.8 Å². The maximum absolute atomic E-state index is 5.58. The van der Waals surface area contributed by atoms with Gasteiger partial charge in [0, 0.05) is 17.7 Å². The van der Waals surface area contributed by atoms with Crippen molar-refractivity contribution in [1.29, 1.82) is 0 Å². The third-order valence-electron chi connectivity index (χ3n) is 2.66. The molecule has 2 rings (SSSR count). The SMILES string of the molecule is Cc1ccc(C(C)c2cc(N)n[nH]2)cc1. The van der Waals surface area contributed by atoms with Crippen molar-refractivity contribution in [2.45, 2.75) is 19.8 Å². The van der Waals surface area contributed by atoms with Crippen LogP contribution in [0.15, 0.2) is 30.3 Å². The average molecular weight is 201 g/mol. The fourth-order valence-electron chi connectivity index (χ4n) is 1.61. The van der Waals surface area contributed by atoms with E-state index in [1.807, 2.05) is 6.07 Å². The highest BCUT2D eigenvalue weighted by Crippen LogP contribution is 2.23. The zero-order valence-electron chi connectivity index (χ0n) is 8.99. The van der Waals surface area contributed by atoms with E-state index in [1.165, 1.54) is 11.1 Å². The smallest absolute Gasteiger partial charge is 0.145 e. The molecule has 78 valence electrons. The number of aryl methyl sites for hydroxylation is 1. The van der Waals surface area contributed by atoms with Crippen molar-refractivity contribution in [1.82, 2.24) is 10.2 Å². The van der Waals surface area contributed by atoms with Crippen molar-refractivity contribution < 1.29 is 0 Å². The van der Waals surface area contributed by atoms with Gasteiger partial charge in [0.15, 0.2) is 0 Å². The van der Waals surface area contributed by atoms with Gasteiger partial charge in [-0.25, -0.2) is 0 Å². The molecule has 1 heterocycles. The van der Waals surface area contributed by atoms with Crippen molar-refractivity contribution in [3.05, 3.63) is 47.2 Å². The molecule has 0 saturated carbocycles. The quantitative estimate of drug-likeness (QED) is 0.784. The van der Waals surface area contributed by atoms with E-state index in [1.54, 1.807) is 0 Å². The lowest BCUT2D eigenvalue weighted by Gasteiger charge is -2.09. The number of hydrogen-bond donors (Lipinski definition) is 2. The predicted molar refractivity (Wildman–Crippen MR) is 61.7 cm³/mol. The normalized spacial score (nSPS) is 12.7. The number of benzene rings is 1. The highest BCUT2D eigenvalue weighted by Gasteiger charge is 2.10. The molecule has 0 fully saturated rings. The number of nitrogen functional groups attached to an aromatic ring is 1. The third kappa shape index (κ3) is 2.01. The molecule has 0 spiro atoms. The minimum absolute atomic E-state index is 0.301. The zero-order valence-corrected chi connectivity index (χ0v) is 8.99. The van der Waals surface area contributed by atoms with Gasteiger partial charge in [0.25, 0.3) is 0 Å². The number of aromatic nitrogens is 2. The standard InChI is InChI=1S/C12H15N3/c1-8-3-5-10(6-4-8)9(2)11-7-12(13)15-14-11/h3-7,9H,1-2H3,(H3,13,14,15). The predicted octanol–water partition coefficient (Wildman–Crippen LogP) is 2.45. The van der Waals surface area contributed by atoms with Gasteiger partial charge in [0.1, 0.15) is 5.82 Å². The largest absolute Gasteiger partial charge is 0.382 e. The number of anilines is 1. The minimum atomic E-state index is 0.301. The van der Waals surface area contributed by atoms with E-state index in [2.05, 4.69) is 48.3 Å². The van der Waals surface area contributed by atoms with Crippen LogP contribution in [-0.2, 0) is 0 Å². The molecule has 0 bridgehead atoms. The van der Waals surface area contributed by atoms with Crippen LogP contribution in [0.4, 0.5) is 5.82 Å². The Balaban J connectivity index is 2.28. The minimum Gasteiger partial charge on any atom is -0.382 e. The summed E-state index contributed by atoms with van der Waals surface area (Å²) in [7, 11) is 0. The Morgan fingerprint density at radius 1 is 1.27 bits per heavy atom. The lowest BCUT2D eigenvalue weighted by atomic mass is 9.97. The Bertz CT molecular complexity index is 442. The number of rotatable bonds is 2. The van der Waals surface area contributed by atoms with Crippen LogP contribution in [-0.4, -0.2) is 10.2 Å². The number of nitrogens with zero attached hydrogens (tertiary/aromatic N) is 1. The molecule has 0 aliphatic carbocycles. The maximum Gasteiger partial charge on any atom is 0.145 e. The van der Waals surface area contributed by atoms with Crippen LogP contribution >= 0.6 is 0 Å². The van der Waals surface area contributed by atoms with Crippen LogP contribution in [0.3, 0.4) is 0 Å². The van der Waals surface area contributed by atoms with E-state index in [0.29, 0.717) is 11.7 Å². The van der Waals surface area contributed by atoms with Crippen molar-refractivity contribution in [2.75, 3.05) is 5.73 Å². The summed E-state index contributed by atoms with van der Waals surface area (Å²) in [5, 5.41) is 6.88. The van der Waals surface area contributed by atoms with Crippen LogP contribution in [0.1, 0.15) is 29.7 Å². The second-order valence-electron chi connectivity index (χ2n) is 3.88. The Morgan fingerprint density at radius 3 is 2.47 bits per heavy atom. The first-order valence-electron chi connectivity index (χ1n) is 5.04. The molecule has 3 nitrogen and oxygen atoms in total.